The van der Waals surface area contributed by atoms with Crippen LogP contribution in [0, 0.1) is 0 Å². The topological polar surface area (TPSA) is 66.6 Å². The van der Waals surface area contributed by atoms with Gasteiger partial charge in [0.15, 0.2) is 0 Å². The van der Waals surface area contributed by atoms with E-state index in [1.807, 2.05) is 24.3 Å². The Morgan fingerprint density at radius 3 is 2.38 bits per heavy atom. The van der Waals surface area contributed by atoms with Gasteiger partial charge in [0.05, 0.1) is 5.02 Å². The molecule has 1 heterocycles. The van der Waals surface area contributed by atoms with Crippen LogP contribution in [0.25, 0.3) is 0 Å². The summed E-state index contributed by atoms with van der Waals surface area (Å²) in [6, 6.07) is 14.3. The fourth-order valence-electron chi connectivity index (χ4n) is 2.87. The molecule has 2 aromatic carbocycles. The normalized spacial score (nSPS) is 17.0. The van der Waals surface area contributed by atoms with E-state index in [2.05, 4.69) is 4.90 Å². The van der Waals surface area contributed by atoms with E-state index in [1.165, 1.54) is 4.31 Å². The number of piperazine rings is 1. The average molecular weight is 366 g/mol. The fraction of sp³-hybridized carbons (Fsp3) is 0.294. The van der Waals surface area contributed by atoms with Crippen LogP contribution in [0.15, 0.2) is 53.4 Å². The molecule has 0 amide bonds. The van der Waals surface area contributed by atoms with Gasteiger partial charge in [0, 0.05) is 38.4 Å². The number of hydrogen-bond donors (Lipinski definition) is 1. The summed E-state index contributed by atoms with van der Waals surface area (Å²) in [5.74, 6) is 0. The monoisotopic (exact) mass is 365 g/mol. The van der Waals surface area contributed by atoms with Crippen molar-refractivity contribution in [2.24, 2.45) is 0 Å². The van der Waals surface area contributed by atoms with E-state index in [0.717, 1.165) is 17.8 Å². The van der Waals surface area contributed by atoms with Crippen molar-refractivity contribution >= 4 is 27.3 Å². The standard InChI is InChI=1S/C17H20ClN3O2S/c18-16-6-1-2-7-17(16)24(22,23)21-10-8-20(9-11-21)13-14-4-3-5-15(19)12-14/h1-7,12H,8-11,13,19H2. The van der Waals surface area contributed by atoms with Gasteiger partial charge in [-0.25, -0.2) is 8.42 Å². The number of anilines is 1. The van der Waals surface area contributed by atoms with Crippen LogP contribution in [0.2, 0.25) is 5.02 Å². The molecular weight excluding hydrogens is 346 g/mol. The lowest BCUT2D eigenvalue weighted by Crippen LogP contribution is -2.48. The number of rotatable bonds is 4. The lowest BCUT2D eigenvalue weighted by Gasteiger charge is -2.34. The van der Waals surface area contributed by atoms with Gasteiger partial charge in [0.25, 0.3) is 0 Å². The molecule has 5 nitrogen and oxygen atoms in total. The van der Waals surface area contributed by atoms with Crippen LogP contribution in [0.1, 0.15) is 5.56 Å². The van der Waals surface area contributed by atoms with Crippen molar-refractivity contribution in [2.45, 2.75) is 11.4 Å². The van der Waals surface area contributed by atoms with E-state index in [9.17, 15) is 8.42 Å². The number of sulfonamides is 1. The molecule has 3 rings (SSSR count). The second kappa shape index (κ2) is 7.11. The Hall–Kier alpha value is -1.60. The zero-order valence-corrected chi connectivity index (χ0v) is 14.8. The van der Waals surface area contributed by atoms with Gasteiger partial charge in [-0.2, -0.15) is 4.31 Å². The third-order valence-electron chi connectivity index (χ3n) is 4.14. The third kappa shape index (κ3) is 3.72. The molecule has 0 spiro atoms. The minimum absolute atomic E-state index is 0.177. The molecule has 0 radical (unpaired) electrons. The lowest BCUT2D eigenvalue weighted by molar-refractivity contribution is 0.181. The number of halogens is 1. The van der Waals surface area contributed by atoms with Gasteiger partial charge < -0.3 is 5.73 Å². The van der Waals surface area contributed by atoms with Crippen LogP contribution in [-0.4, -0.2) is 43.8 Å². The van der Waals surface area contributed by atoms with Crippen molar-refractivity contribution in [1.82, 2.24) is 9.21 Å². The quantitative estimate of drug-likeness (QED) is 0.845. The summed E-state index contributed by atoms with van der Waals surface area (Å²) in [5.41, 5.74) is 7.68. The Morgan fingerprint density at radius 2 is 1.71 bits per heavy atom. The molecule has 24 heavy (non-hydrogen) atoms. The number of nitrogens with two attached hydrogens (primary N) is 1. The Labute approximate surface area is 147 Å². The highest BCUT2D eigenvalue weighted by molar-refractivity contribution is 7.89. The Bertz CT molecular complexity index is 818. The van der Waals surface area contributed by atoms with Crippen LogP contribution in [0.5, 0.6) is 0 Å². The van der Waals surface area contributed by atoms with Crippen LogP contribution in [0.4, 0.5) is 5.69 Å². The zero-order valence-electron chi connectivity index (χ0n) is 13.2. The number of nitrogens with zero attached hydrogens (tertiary/aromatic N) is 2. The molecule has 128 valence electrons. The largest absolute Gasteiger partial charge is 0.399 e. The summed E-state index contributed by atoms with van der Waals surface area (Å²) in [5, 5.41) is 0.264. The van der Waals surface area contributed by atoms with E-state index in [1.54, 1.807) is 24.3 Å². The maximum atomic E-state index is 12.7. The second-order valence-electron chi connectivity index (χ2n) is 5.86. The van der Waals surface area contributed by atoms with Crippen molar-refractivity contribution < 1.29 is 8.42 Å². The van der Waals surface area contributed by atoms with Gasteiger partial charge in [-0.3, -0.25) is 4.90 Å². The van der Waals surface area contributed by atoms with Gasteiger partial charge in [0.2, 0.25) is 10.0 Å². The minimum Gasteiger partial charge on any atom is -0.399 e. The van der Waals surface area contributed by atoms with Crippen LogP contribution in [0.3, 0.4) is 0 Å². The van der Waals surface area contributed by atoms with Gasteiger partial charge in [-0.05, 0) is 29.8 Å². The molecule has 1 aliphatic rings. The Balaban J connectivity index is 1.66. The molecule has 0 aliphatic carbocycles. The predicted octanol–water partition coefficient (Wildman–Crippen LogP) is 2.43. The summed E-state index contributed by atoms with van der Waals surface area (Å²) in [4.78, 5) is 2.41. The zero-order chi connectivity index (χ0) is 17.2. The third-order valence-corrected chi connectivity index (χ3v) is 6.54. The fourth-order valence-corrected chi connectivity index (χ4v) is 4.79. The van der Waals surface area contributed by atoms with E-state index >= 15 is 0 Å². The number of nitrogen functional groups attached to an aromatic ring is 1. The first kappa shape index (κ1) is 17.2. The van der Waals surface area contributed by atoms with Crippen LogP contribution in [-0.2, 0) is 16.6 Å². The molecule has 2 N–H and O–H groups in total. The molecule has 0 saturated carbocycles. The number of benzene rings is 2. The Kier molecular flexibility index (Phi) is 5.10. The highest BCUT2D eigenvalue weighted by atomic mass is 35.5. The molecule has 7 heteroatoms. The number of hydrogen-bond acceptors (Lipinski definition) is 4. The highest BCUT2D eigenvalue weighted by Gasteiger charge is 2.29. The van der Waals surface area contributed by atoms with Crippen LogP contribution >= 0.6 is 11.6 Å². The first-order valence-electron chi connectivity index (χ1n) is 7.78. The minimum atomic E-state index is -3.54. The Morgan fingerprint density at radius 1 is 1.00 bits per heavy atom. The summed E-state index contributed by atoms with van der Waals surface area (Å²) in [6.45, 7) is 3.04. The maximum Gasteiger partial charge on any atom is 0.244 e. The van der Waals surface area contributed by atoms with Crippen molar-refractivity contribution in [2.75, 3.05) is 31.9 Å². The van der Waals surface area contributed by atoms with E-state index in [4.69, 9.17) is 17.3 Å². The molecule has 0 unspecified atom stereocenters. The van der Waals surface area contributed by atoms with E-state index in [0.29, 0.717) is 26.2 Å². The van der Waals surface area contributed by atoms with E-state index in [-0.39, 0.29) is 9.92 Å². The van der Waals surface area contributed by atoms with Crippen molar-refractivity contribution in [3.63, 3.8) is 0 Å². The molecule has 0 bridgehead atoms. The lowest BCUT2D eigenvalue weighted by atomic mass is 10.2. The molecule has 0 aromatic heterocycles. The first-order chi connectivity index (χ1) is 11.5. The predicted molar refractivity (Wildman–Crippen MR) is 96.3 cm³/mol. The van der Waals surface area contributed by atoms with Gasteiger partial charge in [-0.1, -0.05) is 35.9 Å². The highest BCUT2D eigenvalue weighted by Crippen LogP contribution is 2.25. The van der Waals surface area contributed by atoms with Crippen molar-refractivity contribution in [3.05, 3.63) is 59.1 Å². The molecule has 1 saturated heterocycles. The van der Waals surface area contributed by atoms with E-state index < -0.39 is 10.0 Å². The summed E-state index contributed by atoms with van der Waals surface area (Å²) < 4.78 is 27.0. The van der Waals surface area contributed by atoms with Crippen LogP contribution < -0.4 is 5.73 Å². The SMILES string of the molecule is Nc1cccc(CN2CCN(S(=O)(=O)c3ccccc3Cl)CC2)c1. The average Bonchev–Trinajstić information content (AvgIpc) is 2.55. The summed E-state index contributed by atoms with van der Waals surface area (Å²) in [6.07, 6.45) is 0. The molecule has 1 fully saturated rings. The second-order valence-corrected chi connectivity index (χ2v) is 8.17. The summed E-state index contributed by atoms with van der Waals surface area (Å²) in [7, 11) is -3.54. The maximum absolute atomic E-state index is 12.7. The first-order valence-corrected chi connectivity index (χ1v) is 9.60. The molecule has 1 aliphatic heterocycles. The van der Waals surface area contributed by atoms with Gasteiger partial charge >= 0.3 is 0 Å². The van der Waals surface area contributed by atoms with Gasteiger partial charge in [-0.15, -0.1) is 0 Å². The van der Waals surface area contributed by atoms with Crippen molar-refractivity contribution in [1.29, 1.82) is 0 Å². The molecular formula is C17H20ClN3O2S. The van der Waals surface area contributed by atoms with Crippen molar-refractivity contribution in [3.8, 4) is 0 Å². The van der Waals surface area contributed by atoms with Gasteiger partial charge in [0.1, 0.15) is 4.90 Å². The molecule has 0 atom stereocenters. The molecule has 2 aromatic rings. The summed E-state index contributed by atoms with van der Waals surface area (Å²) >= 11 is 6.05. The smallest absolute Gasteiger partial charge is 0.244 e.